The maximum absolute atomic E-state index is 11.9. The second kappa shape index (κ2) is 8.71. The van der Waals surface area contributed by atoms with Gasteiger partial charge in [-0.1, -0.05) is 59.9 Å². The molecular formula is C24H20N2O2S. The molecule has 4 rings (SSSR count). The highest BCUT2D eigenvalue weighted by Crippen LogP contribution is 2.39. The Morgan fingerprint density at radius 2 is 1.48 bits per heavy atom. The summed E-state index contributed by atoms with van der Waals surface area (Å²) in [6.07, 6.45) is 1.87. The first-order chi connectivity index (χ1) is 14.3. The van der Waals surface area contributed by atoms with Gasteiger partial charge in [0.1, 0.15) is 0 Å². The summed E-state index contributed by atoms with van der Waals surface area (Å²) in [5, 5.41) is 0.881. The highest BCUT2D eigenvalue weighted by atomic mass is 32.1. The third-order valence-corrected chi connectivity index (χ3v) is 5.43. The fourth-order valence-corrected chi connectivity index (χ4v) is 3.97. The number of esters is 1. The number of carbonyl (C=O) groups excluding carboxylic acids is 1. The van der Waals surface area contributed by atoms with E-state index in [-0.39, 0.29) is 5.97 Å². The number of hydrogen-bond donors (Lipinski definition) is 0. The Balaban J connectivity index is 1.67. The molecule has 0 aliphatic heterocycles. The van der Waals surface area contributed by atoms with Crippen LogP contribution in [0.25, 0.3) is 10.4 Å². The van der Waals surface area contributed by atoms with Gasteiger partial charge < -0.3 is 4.74 Å². The Morgan fingerprint density at radius 3 is 2.03 bits per heavy atom. The lowest BCUT2D eigenvalue weighted by Gasteiger charge is -2.22. The van der Waals surface area contributed by atoms with Gasteiger partial charge in [0, 0.05) is 17.6 Å². The van der Waals surface area contributed by atoms with E-state index in [1.165, 1.54) is 0 Å². The van der Waals surface area contributed by atoms with Gasteiger partial charge >= 0.3 is 5.97 Å². The van der Waals surface area contributed by atoms with E-state index in [0.29, 0.717) is 12.2 Å². The quantitative estimate of drug-likeness (QED) is 0.349. The molecule has 0 unspecified atom stereocenters. The summed E-state index contributed by atoms with van der Waals surface area (Å²) in [6, 6.07) is 27.8. The van der Waals surface area contributed by atoms with E-state index >= 15 is 0 Å². The van der Waals surface area contributed by atoms with Crippen LogP contribution in [0, 0.1) is 0 Å². The molecule has 0 saturated heterocycles. The van der Waals surface area contributed by atoms with Crippen molar-refractivity contribution < 1.29 is 9.53 Å². The Bertz CT molecular complexity index is 1040. The number of carbonyl (C=O) groups is 1. The lowest BCUT2D eigenvalue weighted by atomic mass is 10.1. The molecule has 1 aromatic heterocycles. The van der Waals surface area contributed by atoms with Crippen LogP contribution in [-0.2, 0) is 4.74 Å². The number of hydrogen-bond acceptors (Lipinski definition) is 5. The molecule has 0 spiro atoms. The Kier molecular flexibility index (Phi) is 5.68. The van der Waals surface area contributed by atoms with Gasteiger partial charge in [0.15, 0.2) is 5.13 Å². The molecule has 0 aliphatic carbocycles. The molecule has 0 aliphatic rings. The van der Waals surface area contributed by atoms with E-state index in [0.717, 1.165) is 26.9 Å². The van der Waals surface area contributed by atoms with E-state index in [9.17, 15) is 4.79 Å². The highest BCUT2D eigenvalue weighted by molar-refractivity contribution is 7.19. The first-order valence-corrected chi connectivity index (χ1v) is 10.2. The smallest absolute Gasteiger partial charge is 0.338 e. The van der Waals surface area contributed by atoms with Crippen LogP contribution in [0.2, 0.25) is 0 Å². The number of benzene rings is 3. The third kappa shape index (κ3) is 4.20. The summed E-state index contributed by atoms with van der Waals surface area (Å²) in [7, 11) is 0. The van der Waals surface area contributed by atoms with Crippen molar-refractivity contribution in [2.75, 3.05) is 11.5 Å². The molecule has 0 amide bonds. The number of aromatic nitrogens is 1. The summed E-state index contributed by atoms with van der Waals surface area (Å²) in [5.41, 5.74) is 3.67. The number of nitrogens with zero attached hydrogens (tertiary/aromatic N) is 2. The molecular weight excluding hydrogens is 380 g/mol. The highest BCUT2D eigenvalue weighted by Gasteiger charge is 2.16. The fourth-order valence-electron chi connectivity index (χ4n) is 3.01. The number of rotatable bonds is 6. The van der Waals surface area contributed by atoms with Gasteiger partial charge in [0.2, 0.25) is 0 Å². The van der Waals surface area contributed by atoms with Crippen LogP contribution in [0.3, 0.4) is 0 Å². The first kappa shape index (κ1) is 18.9. The maximum Gasteiger partial charge on any atom is 0.338 e. The molecule has 4 aromatic rings. The van der Waals surface area contributed by atoms with Crippen molar-refractivity contribution in [1.29, 1.82) is 0 Å². The second-order valence-corrected chi connectivity index (χ2v) is 7.32. The van der Waals surface area contributed by atoms with Crippen LogP contribution in [0.5, 0.6) is 0 Å². The molecule has 0 saturated carbocycles. The van der Waals surface area contributed by atoms with Gasteiger partial charge in [-0.25, -0.2) is 9.78 Å². The van der Waals surface area contributed by atoms with E-state index in [1.807, 2.05) is 54.7 Å². The molecule has 3 aromatic carbocycles. The number of para-hydroxylation sites is 2. The van der Waals surface area contributed by atoms with Crippen LogP contribution in [0.4, 0.5) is 16.5 Å². The van der Waals surface area contributed by atoms with Crippen molar-refractivity contribution in [3.63, 3.8) is 0 Å². The number of ether oxygens (including phenoxy) is 1. The fraction of sp³-hybridized carbons (Fsp3) is 0.0833. The minimum atomic E-state index is -0.302. The van der Waals surface area contributed by atoms with E-state index in [4.69, 9.17) is 4.74 Å². The molecule has 29 heavy (non-hydrogen) atoms. The largest absolute Gasteiger partial charge is 0.462 e. The van der Waals surface area contributed by atoms with Crippen molar-refractivity contribution in [1.82, 2.24) is 4.98 Å². The van der Waals surface area contributed by atoms with Crippen molar-refractivity contribution in [3.05, 3.63) is 96.7 Å². The van der Waals surface area contributed by atoms with Crippen molar-refractivity contribution in [3.8, 4) is 10.4 Å². The minimum Gasteiger partial charge on any atom is -0.462 e. The van der Waals surface area contributed by atoms with Gasteiger partial charge in [-0.15, -0.1) is 0 Å². The molecule has 0 radical (unpaired) electrons. The second-order valence-electron chi connectivity index (χ2n) is 6.31. The Morgan fingerprint density at radius 1 is 0.897 bits per heavy atom. The topological polar surface area (TPSA) is 42.4 Å². The molecule has 5 heteroatoms. The SMILES string of the molecule is CCOC(=O)c1ccc(-c2cnc(N(c3ccccc3)c3ccccc3)s2)cc1. The van der Waals surface area contributed by atoms with Gasteiger partial charge in [-0.2, -0.15) is 0 Å². The number of thiazole rings is 1. The predicted molar refractivity (Wildman–Crippen MR) is 118 cm³/mol. The monoisotopic (exact) mass is 400 g/mol. The summed E-state index contributed by atoms with van der Waals surface area (Å²) < 4.78 is 5.05. The van der Waals surface area contributed by atoms with E-state index in [2.05, 4.69) is 34.1 Å². The normalized spacial score (nSPS) is 10.5. The maximum atomic E-state index is 11.9. The summed E-state index contributed by atoms with van der Waals surface area (Å²) >= 11 is 1.61. The first-order valence-electron chi connectivity index (χ1n) is 9.40. The van der Waals surface area contributed by atoms with Crippen LogP contribution in [0.15, 0.2) is 91.1 Å². The Labute approximate surface area is 174 Å². The van der Waals surface area contributed by atoms with E-state index in [1.54, 1.807) is 30.4 Å². The number of anilines is 3. The molecule has 144 valence electrons. The summed E-state index contributed by atoms with van der Waals surface area (Å²) in [4.78, 5) is 19.7. The van der Waals surface area contributed by atoms with Gasteiger partial charge in [-0.3, -0.25) is 4.90 Å². The van der Waals surface area contributed by atoms with E-state index < -0.39 is 0 Å². The van der Waals surface area contributed by atoms with Gasteiger partial charge in [-0.05, 0) is 48.9 Å². The van der Waals surface area contributed by atoms with Crippen molar-refractivity contribution in [2.45, 2.75) is 6.92 Å². The lowest BCUT2D eigenvalue weighted by molar-refractivity contribution is 0.0526. The van der Waals surface area contributed by atoms with Crippen LogP contribution < -0.4 is 4.90 Å². The molecule has 1 heterocycles. The average molecular weight is 401 g/mol. The molecule has 0 bridgehead atoms. The van der Waals surface area contributed by atoms with Gasteiger partial charge in [0.25, 0.3) is 0 Å². The lowest BCUT2D eigenvalue weighted by Crippen LogP contribution is -2.08. The van der Waals surface area contributed by atoms with Crippen molar-refractivity contribution in [2.24, 2.45) is 0 Å². The zero-order chi connectivity index (χ0) is 20.1. The molecule has 4 nitrogen and oxygen atoms in total. The standard InChI is InChI=1S/C24H20N2O2S/c1-2-28-23(27)19-15-13-18(14-16-19)22-17-25-24(29-22)26(20-9-5-3-6-10-20)21-11-7-4-8-12-21/h3-17H,2H2,1H3. The third-order valence-electron chi connectivity index (χ3n) is 4.39. The van der Waals surface area contributed by atoms with Crippen LogP contribution in [-0.4, -0.2) is 17.6 Å². The zero-order valence-corrected chi connectivity index (χ0v) is 16.8. The van der Waals surface area contributed by atoms with Crippen LogP contribution in [0.1, 0.15) is 17.3 Å². The molecule has 0 atom stereocenters. The molecule has 0 N–H and O–H groups in total. The summed E-state index contributed by atoms with van der Waals surface area (Å²) in [5.74, 6) is -0.302. The minimum absolute atomic E-state index is 0.302. The van der Waals surface area contributed by atoms with Crippen molar-refractivity contribution >= 4 is 33.8 Å². The summed E-state index contributed by atoms with van der Waals surface area (Å²) in [6.45, 7) is 2.17. The van der Waals surface area contributed by atoms with Gasteiger partial charge in [0.05, 0.1) is 17.0 Å². The Hall–Kier alpha value is -3.44. The predicted octanol–water partition coefficient (Wildman–Crippen LogP) is 6.46. The van der Waals surface area contributed by atoms with Crippen LogP contribution >= 0.6 is 11.3 Å². The zero-order valence-electron chi connectivity index (χ0n) is 16.0. The molecule has 0 fully saturated rings. The average Bonchev–Trinajstić information content (AvgIpc) is 3.25.